The Morgan fingerprint density at radius 1 is 1.12 bits per heavy atom. The molecule has 0 spiro atoms. The molecule has 2 rings (SSSR count). The van der Waals surface area contributed by atoms with Gasteiger partial charge in [0.25, 0.3) is 0 Å². The van der Waals surface area contributed by atoms with E-state index in [1.54, 1.807) is 0 Å². The van der Waals surface area contributed by atoms with Crippen molar-refractivity contribution in [2.45, 2.75) is 39.5 Å². The summed E-state index contributed by atoms with van der Waals surface area (Å²) in [5, 5.41) is 0. The number of hydrogen-bond acceptors (Lipinski definition) is 2. The molecule has 1 aromatic carbocycles. The van der Waals surface area contributed by atoms with E-state index in [0.29, 0.717) is 11.8 Å². The Balaban J connectivity index is 2.47. The molecule has 1 aliphatic rings. The molecule has 0 unspecified atom stereocenters. The molecular weight excluding hydrogens is 210 g/mol. The van der Waals surface area contributed by atoms with Crippen LogP contribution in [0.4, 0.5) is 0 Å². The molecule has 92 valence electrons. The zero-order valence-electron chi connectivity index (χ0n) is 11.2. The van der Waals surface area contributed by atoms with E-state index in [1.807, 2.05) is 0 Å². The lowest BCUT2D eigenvalue weighted by atomic mass is 9.92. The van der Waals surface area contributed by atoms with Gasteiger partial charge in [0.1, 0.15) is 6.61 Å². The van der Waals surface area contributed by atoms with Gasteiger partial charge < -0.3 is 4.74 Å². The highest BCUT2D eigenvalue weighted by Crippen LogP contribution is 2.26. The standard InChI is InChI=1S/C15H21NO/c1-10(2)12-5-6-13(11(3)4)14(9-12)15-16-7-8-17-15/h5-6,9-11H,7-8H2,1-4H3. The van der Waals surface area contributed by atoms with Gasteiger partial charge in [0.05, 0.1) is 6.54 Å². The van der Waals surface area contributed by atoms with Crippen LogP contribution in [0, 0.1) is 0 Å². The van der Waals surface area contributed by atoms with Crippen molar-refractivity contribution in [3.63, 3.8) is 0 Å². The molecule has 1 aliphatic heterocycles. The number of ether oxygens (including phenoxy) is 1. The number of benzene rings is 1. The van der Waals surface area contributed by atoms with E-state index in [-0.39, 0.29) is 0 Å². The van der Waals surface area contributed by atoms with Crippen LogP contribution in [-0.4, -0.2) is 19.0 Å². The molecule has 1 aromatic rings. The van der Waals surface area contributed by atoms with Crippen molar-refractivity contribution in [3.05, 3.63) is 34.9 Å². The summed E-state index contributed by atoms with van der Waals surface area (Å²) in [6.07, 6.45) is 0. The Hall–Kier alpha value is -1.31. The van der Waals surface area contributed by atoms with E-state index < -0.39 is 0 Å². The van der Waals surface area contributed by atoms with Crippen molar-refractivity contribution in [2.75, 3.05) is 13.2 Å². The van der Waals surface area contributed by atoms with Crippen LogP contribution in [0.3, 0.4) is 0 Å². The van der Waals surface area contributed by atoms with Gasteiger partial charge in [0.15, 0.2) is 0 Å². The maximum Gasteiger partial charge on any atom is 0.216 e. The molecule has 0 saturated heterocycles. The minimum atomic E-state index is 0.498. The third-order valence-corrected chi connectivity index (χ3v) is 3.18. The molecule has 2 nitrogen and oxygen atoms in total. The molecule has 2 heteroatoms. The third kappa shape index (κ3) is 2.51. The molecular formula is C15H21NO. The minimum absolute atomic E-state index is 0.498. The second-order valence-corrected chi connectivity index (χ2v) is 5.19. The molecule has 0 aliphatic carbocycles. The summed E-state index contributed by atoms with van der Waals surface area (Å²) in [4.78, 5) is 4.44. The number of aliphatic imine (C=N–C) groups is 1. The predicted molar refractivity (Wildman–Crippen MR) is 72.0 cm³/mol. The zero-order chi connectivity index (χ0) is 12.4. The number of hydrogen-bond donors (Lipinski definition) is 0. The second-order valence-electron chi connectivity index (χ2n) is 5.19. The van der Waals surface area contributed by atoms with E-state index in [0.717, 1.165) is 19.0 Å². The van der Waals surface area contributed by atoms with Gasteiger partial charge in [0, 0.05) is 5.56 Å². The summed E-state index contributed by atoms with van der Waals surface area (Å²) >= 11 is 0. The molecule has 0 saturated carbocycles. The Kier molecular flexibility index (Phi) is 3.51. The summed E-state index contributed by atoms with van der Waals surface area (Å²) in [5.41, 5.74) is 3.86. The third-order valence-electron chi connectivity index (χ3n) is 3.18. The van der Waals surface area contributed by atoms with Crippen molar-refractivity contribution in [3.8, 4) is 0 Å². The van der Waals surface area contributed by atoms with Gasteiger partial charge in [-0.05, 0) is 29.0 Å². The first-order chi connectivity index (χ1) is 8.09. The maximum absolute atomic E-state index is 5.61. The van der Waals surface area contributed by atoms with Crippen LogP contribution < -0.4 is 0 Å². The van der Waals surface area contributed by atoms with Crippen LogP contribution in [0.5, 0.6) is 0 Å². The van der Waals surface area contributed by atoms with Gasteiger partial charge in [-0.3, -0.25) is 0 Å². The van der Waals surface area contributed by atoms with Gasteiger partial charge in [-0.2, -0.15) is 0 Å². The van der Waals surface area contributed by atoms with E-state index in [4.69, 9.17) is 4.74 Å². The summed E-state index contributed by atoms with van der Waals surface area (Å²) < 4.78 is 5.61. The lowest BCUT2D eigenvalue weighted by molar-refractivity contribution is 0.348. The van der Waals surface area contributed by atoms with Gasteiger partial charge >= 0.3 is 0 Å². The van der Waals surface area contributed by atoms with Crippen LogP contribution in [0.1, 0.15) is 56.2 Å². The van der Waals surface area contributed by atoms with Crippen LogP contribution in [-0.2, 0) is 4.74 Å². The Labute approximate surface area is 104 Å². The van der Waals surface area contributed by atoms with Gasteiger partial charge in [-0.25, -0.2) is 4.99 Å². The topological polar surface area (TPSA) is 21.6 Å². The van der Waals surface area contributed by atoms with E-state index in [1.165, 1.54) is 16.7 Å². The number of rotatable bonds is 3. The fourth-order valence-corrected chi connectivity index (χ4v) is 2.12. The normalized spacial score (nSPS) is 15.3. The van der Waals surface area contributed by atoms with Crippen molar-refractivity contribution in [1.82, 2.24) is 0 Å². The van der Waals surface area contributed by atoms with Crippen LogP contribution >= 0.6 is 0 Å². The Bertz CT molecular complexity index is 433. The van der Waals surface area contributed by atoms with Crippen LogP contribution in [0.2, 0.25) is 0 Å². The van der Waals surface area contributed by atoms with E-state index >= 15 is 0 Å². The molecule has 0 radical (unpaired) electrons. The predicted octanol–water partition coefficient (Wildman–Crippen LogP) is 3.71. The zero-order valence-corrected chi connectivity index (χ0v) is 11.2. The SMILES string of the molecule is CC(C)c1ccc(C(C)C)c(C2=NCCO2)c1. The molecule has 0 atom stereocenters. The van der Waals surface area contributed by atoms with E-state index in [9.17, 15) is 0 Å². The van der Waals surface area contributed by atoms with Gasteiger partial charge in [-0.15, -0.1) is 0 Å². The van der Waals surface area contributed by atoms with Crippen LogP contribution in [0.25, 0.3) is 0 Å². The highest BCUT2D eigenvalue weighted by molar-refractivity contribution is 5.96. The largest absolute Gasteiger partial charge is 0.476 e. The summed E-state index contributed by atoms with van der Waals surface area (Å²) in [5.74, 6) is 1.87. The molecule has 0 aromatic heterocycles. The first-order valence-electron chi connectivity index (χ1n) is 6.41. The summed E-state index contributed by atoms with van der Waals surface area (Å²) in [7, 11) is 0. The first kappa shape index (κ1) is 12.2. The fourth-order valence-electron chi connectivity index (χ4n) is 2.12. The number of nitrogens with zero attached hydrogens (tertiary/aromatic N) is 1. The van der Waals surface area contributed by atoms with Gasteiger partial charge in [0.2, 0.25) is 5.90 Å². The average molecular weight is 231 g/mol. The summed E-state index contributed by atoms with van der Waals surface area (Å²) in [6.45, 7) is 10.4. The van der Waals surface area contributed by atoms with Crippen molar-refractivity contribution >= 4 is 5.90 Å². The highest BCUT2D eigenvalue weighted by atomic mass is 16.5. The minimum Gasteiger partial charge on any atom is -0.476 e. The van der Waals surface area contributed by atoms with Crippen molar-refractivity contribution in [1.29, 1.82) is 0 Å². The van der Waals surface area contributed by atoms with Crippen LogP contribution in [0.15, 0.2) is 23.2 Å². The molecule has 0 bridgehead atoms. The quantitative estimate of drug-likeness (QED) is 0.777. The molecule has 17 heavy (non-hydrogen) atoms. The highest BCUT2D eigenvalue weighted by Gasteiger charge is 2.17. The molecule has 0 amide bonds. The van der Waals surface area contributed by atoms with Crippen molar-refractivity contribution in [2.24, 2.45) is 4.99 Å². The summed E-state index contributed by atoms with van der Waals surface area (Å²) in [6, 6.07) is 6.68. The second kappa shape index (κ2) is 4.91. The molecule has 1 heterocycles. The molecule has 0 N–H and O–H groups in total. The van der Waals surface area contributed by atoms with Crippen molar-refractivity contribution < 1.29 is 4.74 Å². The lowest BCUT2D eigenvalue weighted by Crippen LogP contribution is -2.08. The smallest absolute Gasteiger partial charge is 0.216 e. The lowest BCUT2D eigenvalue weighted by Gasteiger charge is -2.15. The Morgan fingerprint density at radius 2 is 1.88 bits per heavy atom. The Morgan fingerprint density at radius 3 is 2.41 bits per heavy atom. The monoisotopic (exact) mass is 231 g/mol. The maximum atomic E-state index is 5.61. The average Bonchev–Trinajstić information content (AvgIpc) is 2.81. The van der Waals surface area contributed by atoms with E-state index in [2.05, 4.69) is 50.9 Å². The molecule has 0 fully saturated rings. The first-order valence-corrected chi connectivity index (χ1v) is 6.41. The van der Waals surface area contributed by atoms with Gasteiger partial charge in [-0.1, -0.05) is 39.8 Å². The fraction of sp³-hybridized carbons (Fsp3) is 0.533.